The quantitative estimate of drug-likeness (QED) is 0.479. The molecule has 0 radical (unpaired) electrons. The average molecular weight is 387 g/mol. The Kier molecular flexibility index (Phi) is 6.02. The summed E-state index contributed by atoms with van der Waals surface area (Å²) < 4.78 is 0. The molecule has 0 bridgehead atoms. The molecule has 0 heterocycles. The summed E-state index contributed by atoms with van der Waals surface area (Å²) in [4.78, 5) is 4.40. The number of hydrogen-bond acceptors (Lipinski definition) is 2. The molecule has 29 heavy (non-hydrogen) atoms. The fourth-order valence-electron chi connectivity index (χ4n) is 4.40. The number of anilines is 2. The first-order valence-electron chi connectivity index (χ1n) is 10.3. The number of rotatable bonds is 5. The van der Waals surface area contributed by atoms with Crippen molar-refractivity contribution < 1.29 is 0 Å². The molecule has 3 aromatic rings. The SMILES string of the molecule is Cc1cc(N(C)C)c(C)cc1C(c1ccccc1)c1cc(C)c(N(C)C)cc1C. The van der Waals surface area contributed by atoms with Gasteiger partial charge in [-0.2, -0.15) is 0 Å². The Labute approximate surface area is 176 Å². The summed E-state index contributed by atoms with van der Waals surface area (Å²) in [5, 5.41) is 0. The lowest BCUT2D eigenvalue weighted by Gasteiger charge is -2.27. The van der Waals surface area contributed by atoms with E-state index < -0.39 is 0 Å². The van der Waals surface area contributed by atoms with E-state index in [1.165, 1.54) is 50.3 Å². The number of benzene rings is 3. The van der Waals surface area contributed by atoms with E-state index in [2.05, 4.69) is 120 Å². The number of hydrogen-bond donors (Lipinski definition) is 0. The highest BCUT2D eigenvalue weighted by atomic mass is 15.1. The van der Waals surface area contributed by atoms with Crippen molar-refractivity contribution >= 4 is 11.4 Å². The highest BCUT2D eigenvalue weighted by Crippen LogP contribution is 2.39. The third-order valence-corrected chi connectivity index (χ3v) is 5.89. The monoisotopic (exact) mass is 386 g/mol. The Bertz CT molecular complexity index is 937. The van der Waals surface area contributed by atoms with Crippen LogP contribution >= 0.6 is 0 Å². The second-order valence-electron chi connectivity index (χ2n) is 8.62. The minimum absolute atomic E-state index is 0.223. The molecule has 0 N–H and O–H groups in total. The normalized spacial score (nSPS) is 11.1. The zero-order valence-corrected chi connectivity index (χ0v) is 19.2. The van der Waals surface area contributed by atoms with Crippen molar-refractivity contribution in [2.45, 2.75) is 33.6 Å². The van der Waals surface area contributed by atoms with Crippen LogP contribution in [0.2, 0.25) is 0 Å². The lowest BCUT2D eigenvalue weighted by molar-refractivity contribution is 0.938. The van der Waals surface area contributed by atoms with Gasteiger partial charge in [-0.15, -0.1) is 0 Å². The molecule has 3 aromatic carbocycles. The molecule has 0 aliphatic rings. The lowest BCUT2D eigenvalue weighted by atomic mass is 9.80. The first kappa shape index (κ1) is 21.0. The predicted octanol–water partition coefficient (Wildman–Crippen LogP) is 6.23. The van der Waals surface area contributed by atoms with E-state index in [1.807, 2.05) is 0 Å². The minimum atomic E-state index is 0.223. The van der Waals surface area contributed by atoms with E-state index >= 15 is 0 Å². The summed E-state index contributed by atoms with van der Waals surface area (Å²) in [5.74, 6) is 0.223. The maximum atomic E-state index is 2.39. The Balaban J connectivity index is 2.26. The van der Waals surface area contributed by atoms with Crippen LogP contribution in [0.3, 0.4) is 0 Å². The van der Waals surface area contributed by atoms with Crippen LogP contribution in [0.25, 0.3) is 0 Å². The smallest absolute Gasteiger partial charge is 0.0393 e. The van der Waals surface area contributed by atoms with Crippen molar-refractivity contribution in [1.82, 2.24) is 0 Å². The molecule has 3 rings (SSSR count). The van der Waals surface area contributed by atoms with Crippen molar-refractivity contribution in [3.8, 4) is 0 Å². The van der Waals surface area contributed by atoms with E-state index in [4.69, 9.17) is 0 Å². The highest BCUT2D eigenvalue weighted by Gasteiger charge is 2.22. The molecule has 0 saturated carbocycles. The molecule has 152 valence electrons. The van der Waals surface area contributed by atoms with E-state index in [9.17, 15) is 0 Å². The van der Waals surface area contributed by atoms with Gasteiger partial charge in [-0.25, -0.2) is 0 Å². The van der Waals surface area contributed by atoms with E-state index in [-0.39, 0.29) is 5.92 Å². The van der Waals surface area contributed by atoms with Gasteiger partial charge in [-0.05, 0) is 78.8 Å². The standard InChI is InChI=1S/C27H34N2/c1-18-16-25(28(5)6)20(3)14-23(18)27(22-12-10-9-11-13-22)24-15-21(4)26(29(7)8)17-19(24)2/h9-17,27H,1-8H3. The second kappa shape index (κ2) is 8.32. The molecule has 0 fully saturated rings. The van der Waals surface area contributed by atoms with Gasteiger partial charge in [-0.1, -0.05) is 42.5 Å². The van der Waals surface area contributed by atoms with Gasteiger partial charge < -0.3 is 9.80 Å². The molecular formula is C27H34N2. The Hall–Kier alpha value is -2.74. The van der Waals surface area contributed by atoms with Gasteiger partial charge in [0.25, 0.3) is 0 Å². The van der Waals surface area contributed by atoms with Crippen molar-refractivity contribution in [3.05, 3.63) is 93.5 Å². The molecule has 2 heteroatoms. The molecule has 0 aliphatic carbocycles. The fraction of sp³-hybridized carbons (Fsp3) is 0.333. The van der Waals surface area contributed by atoms with Crippen LogP contribution in [0.15, 0.2) is 54.6 Å². The summed E-state index contributed by atoms with van der Waals surface area (Å²) in [6.45, 7) is 8.92. The third-order valence-electron chi connectivity index (χ3n) is 5.89. The van der Waals surface area contributed by atoms with Crippen LogP contribution in [0.4, 0.5) is 11.4 Å². The molecule has 0 aromatic heterocycles. The predicted molar refractivity (Wildman–Crippen MR) is 128 cm³/mol. The molecule has 2 nitrogen and oxygen atoms in total. The molecule has 0 spiro atoms. The molecule has 0 amide bonds. The summed E-state index contributed by atoms with van der Waals surface area (Å²) >= 11 is 0. The van der Waals surface area contributed by atoms with Gasteiger partial charge in [0.1, 0.15) is 0 Å². The van der Waals surface area contributed by atoms with Gasteiger partial charge in [0.15, 0.2) is 0 Å². The van der Waals surface area contributed by atoms with Crippen molar-refractivity contribution in [2.24, 2.45) is 0 Å². The summed E-state index contributed by atoms with van der Waals surface area (Å²) in [6.07, 6.45) is 0. The zero-order valence-electron chi connectivity index (χ0n) is 19.2. The van der Waals surface area contributed by atoms with E-state index in [1.54, 1.807) is 0 Å². The van der Waals surface area contributed by atoms with E-state index in [0.29, 0.717) is 0 Å². The van der Waals surface area contributed by atoms with Crippen LogP contribution in [-0.4, -0.2) is 28.2 Å². The van der Waals surface area contributed by atoms with Gasteiger partial charge in [-0.3, -0.25) is 0 Å². The number of aryl methyl sites for hydroxylation is 4. The first-order valence-corrected chi connectivity index (χ1v) is 10.3. The number of nitrogens with zero attached hydrogens (tertiary/aromatic N) is 2. The van der Waals surface area contributed by atoms with Crippen molar-refractivity contribution in [1.29, 1.82) is 0 Å². The first-order chi connectivity index (χ1) is 13.7. The summed E-state index contributed by atoms with van der Waals surface area (Å²) in [7, 11) is 8.46. The minimum Gasteiger partial charge on any atom is -0.377 e. The Morgan fingerprint density at radius 2 is 0.966 bits per heavy atom. The van der Waals surface area contributed by atoms with Gasteiger partial charge in [0, 0.05) is 45.5 Å². The fourth-order valence-corrected chi connectivity index (χ4v) is 4.40. The van der Waals surface area contributed by atoms with Crippen LogP contribution < -0.4 is 9.80 Å². The zero-order chi connectivity index (χ0) is 21.3. The van der Waals surface area contributed by atoms with Gasteiger partial charge >= 0.3 is 0 Å². The largest absolute Gasteiger partial charge is 0.377 e. The molecule has 0 atom stereocenters. The highest BCUT2D eigenvalue weighted by molar-refractivity contribution is 5.62. The molecule has 0 saturated heterocycles. The van der Waals surface area contributed by atoms with Crippen LogP contribution in [0.5, 0.6) is 0 Å². The summed E-state index contributed by atoms with van der Waals surface area (Å²) in [5.41, 5.74) is 12.0. The van der Waals surface area contributed by atoms with Gasteiger partial charge in [0.2, 0.25) is 0 Å². The molecular weight excluding hydrogens is 352 g/mol. The second-order valence-corrected chi connectivity index (χ2v) is 8.62. The average Bonchev–Trinajstić information content (AvgIpc) is 2.67. The van der Waals surface area contributed by atoms with Crippen LogP contribution in [0.1, 0.15) is 44.9 Å². The van der Waals surface area contributed by atoms with Crippen molar-refractivity contribution in [3.63, 3.8) is 0 Å². The Morgan fingerprint density at radius 1 is 0.552 bits per heavy atom. The lowest BCUT2D eigenvalue weighted by Crippen LogP contribution is -2.14. The van der Waals surface area contributed by atoms with E-state index in [0.717, 1.165) is 0 Å². The molecule has 0 aliphatic heterocycles. The van der Waals surface area contributed by atoms with Crippen LogP contribution in [0, 0.1) is 27.7 Å². The van der Waals surface area contributed by atoms with Gasteiger partial charge in [0.05, 0.1) is 0 Å². The maximum Gasteiger partial charge on any atom is 0.0393 e. The molecule has 0 unspecified atom stereocenters. The summed E-state index contributed by atoms with van der Waals surface area (Å²) in [6, 6.07) is 20.3. The Morgan fingerprint density at radius 3 is 1.34 bits per heavy atom. The van der Waals surface area contributed by atoms with Crippen molar-refractivity contribution in [2.75, 3.05) is 38.0 Å². The van der Waals surface area contributed by atoms with Crippen LogP contribution in [-0.2, 0) is 0 Å². The topological polar surface area (TPSA) is 6.48 Å². The third kappa shape index (κ3) is 4.17. The maximum absolute atomic E-state index is 2.39.